The first-order valence-electron chi connectivity index (χ1n) is 9.73. The molecular weight excluding hydrogens is 438 g/mol. The molecule has 0 bridgehead atoms. The van der Waals surface area contributed by atoms with Crippen LogP contribution in [0, 0.1) is 11.6 Å². The van der Waals surface area contributed by atoms with E-state index in [4.69, 9.17) is 10.8 Å². The normalized spacial score (nSPS) is 11.5. The molecule has 1 amide bonds. The van der Waals surface area contributed by atoms with Crippen LogP contribution in [0.1, 0.15) is 29.8 Å². The second kappa shape index (κ2) is 9.19. The zero-order valence-corrected chi connectivity index (χ0v) is 18.6. The molecule has 1 aromatic carbocycles. The average Bonchev–Trinajstić information content (AvgIpc) is 3.10. The summed E-state index contributed by atoms with van der Waals surface area (Å²) in [5, 5.41) is 22.4. The second-order valence-corrected chi connectivity index (χ2v) is 8.79. The van der Waals surface area contributed by atoms with Gasteiger partial charge in [-0.3, -0.25) is 4.79 Å². The summed E-state index contributed by atoms with van der Waals surface area (Å²) in [4.78, 5) is 18.3. The number of amides is 1. The smallest absolute Gasteiger partial charge is 0.251 e. The highest BCUT2D eigenvalue weighted by Gasteiger charge is 2.24. The molecule has 0 aliphatic carbocycles. The van der Waals surface area contributed by atoms with E-state index >= 15 is 0 Å². The fraction of sp³-hybridized carbons (Fsp3) is 0.273. The van der Waals surface area contributed by atoms with Gasteiger partial charge in [-0.1, -0.05) is 6.07 Å². The topological polar surface area (TPSA) is 112 Å². The summed E-state index contributed by atoms with van der Waals surface area (Å²) in [6, 6.07) is 8.62. The van der Waals surface area contributed by atoms with Crippen molar-refractivity contribution in [2.45, 2.75) is 19.4 Å². The maximum Gasteiger partial charge on any atom is 0.251 e. The van der Waals surface area contributed by atoms with Crippen molar-refractivity contribution in [2.75, 3.05) is 30.4 Å². The van der Waals surface area contributed by atoms with Gasteiger partial charge in [0.2, 0.25) is 0 Å². The van der Waals surface area contributed by atoms with Crippen LogP contribution in [0.3, 0.4) is 0 Å². The number of nitrogens with zero attached hydrogens (tertiary/aromatic N) is 2. The van der Waals surface area contributed by atoms with Gasteiger partial charge in [-0.25, -0.2) is 13.8 Å². The molecule has 32 heavy (non-hydrogen) atoms. The number of hydrogen-bond acceptors (Lipinski definition) is 7. The van der Waals surface area contributed by atoms with Crippen LogP contribution < -0.4 is 16.0 Å². The van der Waals surface area contributed by atoms with E-state index in [9.17, 15) is 18.7 Å². The standard InChI is InChI=1S/C22H24F2N4O3S/c1-22(2,31)12-9-14(23)19(15(24)10-12)16-11-13(20(25)30)21(32-16)27-17-5-4-6-18(26-17)28(3)7-8-29/h4-6,9-11,29,31H,7-8H2,1-3H3,(H2,25,30)(H,26,27). The first-order chi connectivity index (χ1) is 15.0. The SMILES string of the molecule is CN(CCO)c1cccc(Nc2sc(-c3c(F)cc(C(C)(C)O)cc3F)cc2C(N)=O)n1. The molecule has 10 heteroatoms. The van der Waals surface area contributed by atoms with E-state index in [1.54, 1.807) is 30.1 Å². The molecule has 7 nitrogen and oxygen atoms in total. The number of rotatable bonds is 8. The van der Waals surface area contributed by atoms with Crippen LogP contribution in [0.4, 0.5) is 25.4 Å². The zero-order chi connectivity index (χ0) is 23.6. The minimum Gasteiger partial charge on any atom is -0.395 e. The number of primary amides is 1. The Morgan fingerprint density at radius 2 is 1.91 bits per heavy atom. The highest BCUT2D eigenvalue weighted by molar-refractivity contribution is 7.20. The van der Waals surface area contributed by atoms with E-state index < -0.39 is 23.1 Å². The maximum absolute atomic E-state index is 14.8. The summed E-state index contributed by atoms with van der Waals surface area (Å²) < 4.78 is 29.6. The number of nitrogens with one attached hydrogen (secondary N) is 1. The van der Waals surface area contributed by atoms with Crippen LogP contribution >= 0.6 is 11.3 Å². The molecule has 2 heterocycles. The first-order valence-corrected chi connectivity index (χ1v) is 10.5. The van der Waals surface area contributed by atoms with Crippen molar-refractivity contribution in [3.63, 3.8) is 0 Å². The molecule has 0 radical (unpaired) electrons. The van der Waals surface area contributed by atoms with Gasteiger partial charge in [-0.05, 0) is 49.7 Å². The number of carbonyl (C=O) groups excluding carboxylic acids is 1. The summed E-state index contributed by atoms with van der Waals surface area (Å²) in [5.41, 5.74) is 3.91. The minimum absolute atomic E-state index is 0.0423. The summed E-state index contributed by atoms with van der Waals surface area (Å²) in [6.45, 7) is 3.20. The van der Waals surface area contributed by atoms with Crippen molar-refractivity contribution in [3.8, 4) is 10.4 Å². The van der Waals surface area contributed by atoms with Crippen LogP contribution in [-0.4, -0.2) is 41.3 Å². The van der Waals surface area contributed by atoms with Gasteiger partial charge >= 0.3 is 0 Å². The summed E-state index contributed by atoms with van der Waals surface area (Å²) >= 11 is 0.954. The number of halogens is 2. The number of likely N-dealkylation sites (N-methyl/N-ethyl adjacent to an activating group) is 1. The lowest BCUT2D eigenvalue weighted by Crippen LogP contribution is -2.22. The van der Waals surface area contributed by atoms with E-state index in [0.717, 1.165) is 23.5 Å². The van der Waals surface area contributed by atoms with Crippen molar-refractivity contribution < 1.29 is 23.8 Å². The lowest BCUT2D eigenvalue weighted by molar-refractivity contribution is 0.0778. The minimum atomic E-state index is -1.42. The number of aliphatic hydroxyl groups is 2. The third-order valence-corrected chi connectivity index (χ3v) is 5.86. The predicted molar refractivity (Wildman–Crippen MR) is 121 cm³/mol. The molecule has 0 fully saturated rings. The summed E-state index contributed by atoms with van der Waals surface area (Å²) in [6.07, 6.45) is 0. The molecule has 0 unspecified atom stereocenters. The van der Waals surface area contributed by atoms with Crippen molar-refractivity contribution in [2.24, 2.45) is 5.73 Å². The predicted octanol–water partition coefficient (Wildman–Crippen LogP) is 3.59. The molecule has 3 aromatic rings. The van der Waals surface area contributed by atoms with Gasteiger partial charge in [0, 0.05) is 18.5 Å². The maximum atomic E-state index is 14.8. The Morgan fingerprint density at radius 3 is 2.47 bits per heavy atom. The monoisotopic (exact) mass is 462 g/mol. The van der Waals surface area contributed by atoms with Gasteiger partial charge in [0.05, 0.1) is 23.3 Å². The van der Waals surface area contributed by atoms with Crippen LogP contribution in [0.15, 0.2) is 36.4 Å². The number of benzene rings is 1. The number of pyridine rings is 1. The largest absolute Gasteiger partial charge is 0.395 e. The van der Waals surface area contributed by atoms with Crippen molar-refractivity contribution in [1.29, 1.82) is 0 Å². The molecule has 2 aromatic heterocycles. The fourth-order valence-corrected chi connectivity index (χ4v) is 4.16. The van der Waals surface area contributed by atoms with Crippen LogP contribution in [0.25, 0.3) is 10.4 Å². The van der Waals surface area contributed by atoms with E-state index in [1.165, 1.54) is 19.9 Å². The van der Waals surface area contributed by atoms with Gasteiger partial charge in [0.25, 0.3) is 5.91 Å². The van der Waals surface area contributed by atoms with E-state index in [0.29, 0.717) is 18.2 Å². The quantitative estimate of drug-likeness (QED) is 0.407. The number of hydrogen-bond donors (Lipinski definition) is 4. The Hall–Kier alpha value is -3.08. The van der Waals surface area contributed by atoms with Crippen LogP contribution in [0.2, 0.25) is 0 Å². The average molecular weight is 463 g/mol. The number of aliphatic hydroxyl groups excluding tert-OH is 1. The lowest BCUT2D eigenvalue weighted by Gasteiger charge is -2.18. The molecule has 0 spiro atoms. The van der Waals surface area contributed by atoms with Gasteiger partial charge < -0.3 is 26.2 Å². The van der Waals surface area contributed by atoms with Gasteiger partial charge in [0.1, 0.15) is 28.3 Å². The highest BCUT2D eigenvalue weighted by atomic mass is 32.1. The van der Waals surface area contributed by atoms with Gasteiger partial charge in [0.15, 0.2) is 0 Å². The van der Waals surface area contributed by atoms with E-state index in [1.807, 2.05) is 0 Å². The van der Waals surface area contributed by atoms with Crippen molar-refractivity contribution in [1.82, 2.24) is 4.98 Å². The number of anilines is 3. The molecule has 0 atom stereocenters. The molecule has 0 aliphatic heterocycles. The van der Waals surface area contributed by atoms with Crippen LogP contribution in [-0.2, 0) is 5.60 Å². The number of aromatic nitrogens is 1. The summed E-state index contributed by atoms with van der Waals surface area (Å²) in [7, 11) is 1.77. The third-order valence-electron chi connectivity index (χ3n) is 4.79. The van der Waals surface area contributed by atoms with Gasteiger partial charge in [-0.15, -0.1) is 11.3 Å². The third kappa shape index (κ3) is 5.04. The Balaban J connectivity index is 2.01. The van der Waals surface area contributed by atoms with Gasteiger partial charge in [-0.2, -0.15) is 0 Å². The Kier molecular flexibility index (Phi) is 6.77. The Bertz CT molecular complexity index is 1120. The van der Waals surface area contributed by atoms with Crippen LogP contribution in [0.5, 0.6) is 0 Å². The molecule has 3 rings (SSSR count). The fourth-order valence-electron chi connectivity index (χ4n) is 3.04. The Morgan fingerprint density at radius 1 is 1.25 bits per heavy atom. The molecular formula is C22H24F2N4O3S. The number of thiophene rings is 1. The molecule has 170 valence electrons. The number of nitrogens with two attached hydrogens (primary N) is 1. The summed E-state index contributed by atoms with van der Waals surface area (Å²) in [5.74, 6) is -1.52. The highest BCUT2D eigenvalue weighted by Crippen LogP contribution is 2.40. The molecule has 0 saturated heterocycles. The van der Waals surface area contributed by atoms with E-state index in [-0.39, 0.29) is 33.2 Å². The Labute approximate surface area is 188 Å². The lowest BCUT2D eigenvalue weighted by atomic mass is 9.96. The first kappa shape index (κ1) is 23.6. The number of carbonyl (C=O) groups is 1. The van der Waals surface area contributed by atoms with Crippen molar-refractivity contribution in [3.05, 3.63) is 59.2 Å². The second-order valence-electron chi connectivity index (χ2n) is 7.74. The molecule has 5 N–H and O–H groups in total. The van der Waals surface area contributed by atoms with E-state index in [2.05, 4.69) is 10.3 Å². The zero-order valence-electron chi connectivity index (χ0n) is 17.8. The van der Waals surface area contributed by atoms with Crippen molar-refractivity contribution >= 4 is 33.9 Å². The molecule has 0 aliphatic rings. The molecule has 0 saturated carbocycles.